The van der Waals surface area contributed by atoms with E-state index in [1.807, 2.05) is 26.0 Å². The highest BCUT2D eigenvalue weighted by Gasteiger charge is 2.59. The van der Waals surface area contributed by atoms with Gasteiger partial charge in [-0.3, -0.25) is 9.59 Å². The van der Waals surface area contributed by atoms with Gasteiger partial charge in [-0.1, -0.05) is 26.0 Å². The number of benzene rings is 2. The van der Waals surface area contributed by atoms with Crippen molar-refractivity contribution in [3.63, 3.8) is 0 Å². The molecule has 0 fully saturated rings. The van der Waals surface area contributed by atoms with E-state index in [0.717, 1.165) is 11.1 Å². The van der Waals surface area contributed by atoms with Crippen molar-refractivity contribution in [1.82, 2.24) is 0 Å². The van der Waals surface area contributed by atoms with Gasteiger partial charge in [-0.05, 0) is 142 Å². The third-order valence-electron chi connectivity index (χ3n) is 7.79. The van der Waals surface area contributed by atoms with Gasteiger partial charge in [-0.25, -0.2) is 9.59 Å². The van der Waals surface area contributed by atoms with E-state index in [0.29, 0.717) is 24.0 Å². The van der Waals surface area contributed by atoms with Crippen LogP contribution in [0.1, 0.15) is 142 Å². The second-order valence-electron chi connectivity index (χ2n) is 16.4. The minimum atomic E-state index is -1.38. The summed E-state index contributed by atoms with van der Waals surface area (Å²) in [5.41, 5.74) is -1.26. The molecule has 8 nitrogen and oxygen atoms in total. The lowest BCUT2D eigenvalue weighted by Gasteiger charge is -2.44. The molecule has 2 aromatic rings. The van der Waals surface area contributed by atoms with E-state index >= 15 is 0 Å². The fraction of sp³-hybridized carbons (Fsp3) is 0.590. The van der Waals surface area contributed by atoms with Gasteiger partial charge in [0.05, 0.1) is 23.0 Å². The van der Waals surface area contributed by atoms with E-state index in [2.05, 4.69) is 0 Å². The van der Waals surface area contributed by atoms with Crippen molar-refractivity contribution < 1.29 is 38.1 Å². The molecule has 3 rings (SSSR count). The molecule has 0 N–H and O–H groups in total. The predicted octanol–water partition coefficient (Wildman–Crippen LogP) is 8.60. The Kier molecular flexibility index (Phi) is 10.5. The highest BCUT2D eigenvalue weighted by molar-refractivity contribution is 5.97. The predicted molar refractivity (Wildman–Crippen MR) is 182 cm³/mol. The van der Waals surface area contributed by atoms with Crippen molar-refractivity contribution in [3.8, 4) is 11.1 Å². The number of carbonyl (C=O) groups is 4. The molecule has 47 heavy (non-hydrogen) atoms. The Morgan fingerprint density at radius 2 is 0.830 bits per heavy atom. The van der Waals surface area contributed by atoms with E-state index in [4.69, 9.17) is 18.9 Å². The molecule has 0 saturated heterocycles. The zero-order valence-corrected chi connectivity index (χ0v) is 30.8. The lowest BCUT2D eigenvalue weighted by molar-refractivity contribution is -0.169. The van der Waals surface area contributed by atoms with Gasteiger partial charge in [0.25, 0.3) is 0 Å². The van der Waals surface area contributed by atoms with Crippen molar-refractivity contribution in [2.45, 2.75) is 138 Å². The summed E-state index contributed by atoms with van der Waals surface area (Å²) in [6.45, 7) is 25.3. The van der Waals surface area contributed by atoms with E-state index in [9.17, 15) is 19.2 Å². The Balaban J connectivity index is 2.53. The van der Waals surface area contributed by atoms with Crippen molar-refractivity contribution in [2.75, 3.05) is 0 Å². The van der Waals surface area contributed by atoms with Crippen LogP contribution < -0.4 is 0 Å². The van der Waals surface area contributed by atoms with Crippen molar-refractivity contribution in [2.24, 2.45) is 11.8 Å². The average molecular weight is 651 g/mol. The van der Waals surface area contributed by atoms with E-state index in [-0.39, 0.29) is 11.1 Å². The molecule has 0 aliphatic heterocycles. The lowest BCUT2D eigenvalue weighted by Crippen LogP contribution is -2.51. The largest absolute Gasteiger partial charge is 0.460 e. The zero-order valence-electron chi connectivity index (χ0n) is 30.8. The number of carbonyl (C=O) groups excluding carboxylic acids is 4. The molecule has 0 radical (unpaired) electrons. The summed E-state index contributed by atoms with van der Waals surface area (Å²) in [7, 11) is 0. The number of rotatable bonds is 8. The van der Waals surface area contributed by atoms with Gasteiger partial charge in [0.15, 0.2) is 0 Å². The monoisotopic (exact) mass is 650 g/mol. The van der Waals surface area contributed by atoms with Crippen LogP contribution in [0.4, 0.5) is 0 Å². The Hall–Kier alpha value is -3.68. The topological polar surface area (TPSA) is 105 Å². The molecule has 2 aromatic carbocycles. The first-order valence-corrected chi connectivity index (χ1v) is 16.6. The number of hydrogen-bond acceptors (Lipinski definition) is 8. The standard InChI is InChI=1S/C39H54O8/c1-15-27(33(42)46-37(9,10)11)39(28(16-2)34(43)47-38(12,13)14)29-21-23(31(40)44-35(3,4)5)17-19-25(29)26-20-18-24(22-30(26)39)32(41)45-36(6,7)8/h17-22,27-28H,15-16H2,1-14H3. The third-order valence-corrected chi connectivity index (χ3v) is 7.79. The Morgan fingerprint density at radius 1 is 0.532 bits per heavy atom. The first-order chi connectivity index (χ1) is 21.3. The summed E-state index contributed by atoms with van der Waals surface area (Å²) in [6.07, 6.45) is 0.584. The van der Waals surface area contributed by atoms with Crippen LogP contribution in [-0.4, -0.2) is 46.3 Å². The number of fused-ring (bicyclic) bond motifs is 3. The first-order valence-electron chi connectivity index (χ1n) is 16.6. The maximum absolute atomic E-state index is 14.4. The molecule has 1 aliphatic rings. The number of esters is 4. The minimum Gasteiger partial charge on any atom is -0.460 e. The summed E-state index contributed by atoms with van der Waals surface area (Å²) in [6, 6.07) is 10.5. The van der Waals surface area contributed by atoms with Gasteiger partial charge in [0.1, 0.15) is 22.4 Å². The molecule has 258 valence electrons. The molecule has 0 saturated carbocycles. The van der Waals surface area contributed by atoms with Crippen LogP contribution in [0.15, 0.2) is 36.4 Å². The van der Waals surface area contributed by atoms with Crippen LogP contribution >= 0.6 is 0 Å². The Bertz CT molecular complexity index is 1410. The molecular formula is C39H54O8. The SMILES string of the molecule is CCC(C(=O)OC(C)(C)C)C1(C(CC)C(=O)OC(C)(C)C)c2cc(C(=O)OC(C)(C)C)ccc2-c2ccc(C(=O)OC(C)(C)C)cc21. The van der Waals surface area contributed by atoms with Crippen LogP contribution in [0.25, 0.3) is 11.1 Å². The van der Waals surface area contributed by atoms with Crippen molar-refractivity contribution in [1.29, 1.82) is 0 Å². The van der Waals surface area contributed by atoms with Crippen LogP contribution in [0.2, 0.25) is 0 Å². The van der Waals surface area contributed by atoms with Crippen LogP contribution in [0, 0.1) is 11.8 Å². The van der Waals surface area contributed by atoms with Gasteiger partial charge >= 0.3 is 23.9 Å². The summed E-state index contributed by atoms with van der Waals surface area (Å²) in [5, 5.41) is 0. The van der Waals surface area contributed by atoms with E-state index in [1.165, 1.54) is 0 Å². The van der Waals surface area contributed by atoms with Crippen LogP contribution in [0.5, 0.6) is 0 Å². The van der Waals surface area contributed by atoms with Gasteiger partial charge in [0.2, 0.25) is 0 Å². The molecule has 2 unspecified atom stereocenters. The second-order valence-corrected chi connectivity index (χ2v) is 16.4. The molecule has 0 aromatic heterocycles. The van der Waals surface area contributed by atoms with Gasteiger partial charge in [-0.2, -0.15) is 0 Å². The fourth-order valence-corrected chi connectivity index (χ4v) is 6.40. The summed E-state index contributed by atoms with van der Waals surface area (Å²) >= 11 is 0. The smallest absolute Gasteiger partial charge is 0.338 e. The maximum Gasteiger partial charge on any atom is 0.338 e. The molecule has 1 aliphatic carbocycles. The Morgan fingerprint density at radius 3 is 1.09 bits per heavy atom. The summed E-state index contributed by atoms with van der Waals surface area (Å²) < 4.78 is 23.6. The van der Waals surface area contributed by atoms with E-state index in [1.54, 1.807) is 107 Å². The maximum atomic E-state index is 14.4. The van der Waals surface area contributed by atoms with Gasteiger partial charge in [-0.15, -0.1) is 0 Å². The summed E-state index contributed by atoms with van der Waals surface area (Å²) in [5.74, 6) is -3.85. The quantitative estimate of drug-likeness (QED) is 0.207. The van der Waals surface area contributed by atoms with Gasteiger partial charge in [0, 0.05) is 5.41 Å². The number of ether oxygens (including phenoxy) is 4. The van der Waals surface area contributed by atoms with Crippen LogP contribution in [-0.2, 0) is 34.0 Å². The third kappa shape index (κ3) is 8.43. The molecule has 0 bridgehead atoms. The van der Waals surface area contributed by atoms with Crippen molar-refractivity contribution >= 4 is 23.9 Å². The molecule has 2 atom stereocenters. The first kappa shape index (κ1) is 37.8. The highest BCUT2D eigenvalue weighted by Crippen LogP contribution is 2.59. The molecule has 0 heterocycles. The average Bonchev–Trinajstić information content (AvgIpc) is 3.15. The normalized spacial score (nSPS) is 15.5. The van der Waals surface area contributed by atoms with E-state index < -0.39 is 63.5 Å². The fourth-order valence-electron chi connectivity index (χ4n) is 6.40. The molecule has 0 amide bonds. The molecule has 0 spiro atoms. The lowest BCUT2D eigenvalue weighted by atomic mass is 9.58. The van der Waals surface area contributed by atoms with Crippen LogP contribution in [0.3, 0.4) is 0 Å². The molecular weight excluding hydrogens is 596 g/mol. The number of hydrogen-bond donors (Lipinski definition) is 0. The van der Waals surface area contributed by atoms with Crippen molar-refractivity contribution in [3.05, 3.63) is 58.7 Å². The Labute approximate surface area is 280 Å². The van der Waals surface area contributed by atoms with Gasteiger partial charge < -0.3 is 18.9 Å². The highest BCUT2D eigenvalue weighted by atomic mass is 16.6. The second kappa shape index (κ2) is 13.1. The summed E-state index contributed by atoms with van der Waals surface area (Å²) in [4.78, 5) is 55.7. The minimum absolute atomic E-state index is 0.279. The molecule has 8 heteroatoms. The zero-order chi connectivity index (χ0) is 35.9.